The normalized spacial score (nSPS) is 17.6. The Morgan fingerprint density at radius 3 is 2.69 bits per heavy atom. The lowest BCUT2D eigenvalue weighted by atomic mass is 10.0. The first-order chi connectivity index (χ1) is 6.00. The summed E-state index contributed by atoms with van der Waals surface area (Å²) in [5.74, 6) is 0. The van der Waals surface area contributed by atoms with Gasteiger partial charge in [-0.05, 0) is 33.7 Å². The molecule has 0 radical (unpaired) electrons. The molecule has 0 saturated heterocycles. The second-order valence-corrected chi connectivity index (χ2v) is 4.03. The van der Waals surface area contributed by atoms with E-state index in [-0.39, 0.29) is 6.42 Å². The predicted molar refractivity (Wildman–Crippen MR) is 57.7 cm³/mol. The van der Waals surface area contributed by atoms with Crippen molar-refractivity contribution in [2.24, 2.45) is 0 Å². The Balaban J connectivity index is 2.80. The van der Waals surface area contributed by atoms with Crippen molar-refractivity contribution in [1.29, 1.82) is 0 Å². The van der Waals surface area contributed by atoms with E-state index in [0.29, 0.717) is 11.1 Å². The average Bonchev–Trinajstić information content (AvgIpc) is 1.98. The molecule has 0 amide bonds. The second-order valence-electron chi connectivity index (χ2n) is 2.87. The zero-order valence-electron chi connectivity index (χ0n) is 7.23. The highest BCUT2D eigenvalue weighted by atomic mass is 127. The van der Waals surface area contributed by atoms with Crippen LogP contribution in [0.1, 0.15) is 6.42 Å². The van der Waals surface area contributed by atoms with Gasteiger partial charge in [0.25, 0.3) is 0 Å². The number of rotatable bonds is 2. The molecule has 13 heavy (non-hydrogen) atoms. The molecule has 1 heterocycles. The van der Waals surface area contributed by atoms with Gasteiger partial charge >= 0.3 is 0 Å². The fourth-order valence-electron chi connectivity index (χ4n) is 1.11. The van der Waals surface area contributed by atoms with Crippen LogP contribution in [0, 0.1) is 0 Å². The van der Waals surface area contributed by atoms with Crippen LogP contribution < -0.4 is 0 Å². The summed E-state index contributed by atoms with van der Waals surface area (Å²) in [5, 5.41) is 0. The third kappa shape index (κ3) is 2.79. The molecule has 0 aromatic rings. The molecule has 0 atom stereocenters. The highest BCUT2D eigenvalue weighted by Crippen LogP contribution is 2.31. The highest BCUT2D eigenvalue weighted by Gasteiger charge is 2.16. The van der Waals surface area contributed by atoms with E-state index in [9.17, 15) is 8.78 Å². The molecule has 0 aromatic carbocycles. The van der Waals surface area contributed by atoms with Gasteiger partial charge in [-0.25, -0.2) is 8.78 Å². The van der Waals surface area contributed by atoms with Crippen LogP contribution in [0.3, 0.4) is 0 Å². The molecule has 1 rings (SSSR count). The first-order valence-corrected chi connectivity index (χ1v) is 4.86. The Bertz CT molecular complexity index is 281. The van der Waals surface area contributed by atoms with Gasteiger partial charge in [0.05, 0.1) is 0 Å². The maximum atomic E-state index is 12.1. The summed E-state index contributed by atoms with van der Waals surface area (Å²) in [6.45, 7) is 3.76. The molecule has 1 aliphatic heterocycles. The van der Waals surface area contributed by atoms with E-state index in [2.05, 4.69) is 29.2 Å². The minimum Gasteiger partial charge on any atom is -0.356 e. The van der Waals surface area contributed by atoms with E-state index in [1.165, 1.54) is 0 Å². The number of allylic oxidation sites excluding steroid dienone is 3. The summed E-state index contributed by atoms with van der Waals surface area (Å²) in [6, 6.07) is 0. The van der Waals surface area contributed by atoms with Crippen LogP contribution in [0.4, 0.5) is 8.78 Å². The van der Waals surface area contributed by atoms with Crippen molar-refractivity contribution in [2.75, 3.05) is 7.05 Å². The van der Waals surface area contributed by atoms with Gasteiger partial charge in [0, 0.05) is 29.4 Å². The Labute approximate surface area is 89.9 Å². The molecule has 0 bridgehead atoms. The Morgan fingerprint density at radius 1 is 1.54 bits per heavy atom. The third-order valence-electron chi connectivity index (χ3n) is 1.73. The summed E-state index contributed by atoms with van der Waals surface area (Å²) in [7, 11) is 1.82. The van der Waals surface area contributed by atoms with E-state index in [1.54, 1.807) is 11.1 Å². The largest absolute Gasteiger partial charge is 0.356 e. The van der Waals surface area contributed by atoms with Gasteiger partial charge in [-0.2, -0.15) is 0 Å². The second kappa shape index (κ2) is 4.21. The zero-order valence-corrected chi connectivity index (χ0v) is 9.38. The van der Waals surface area contributed by atoms with Crippen LogP contribution in [0.15, 0.2) is 33.7 Å². The Hall–Kier alpha value is -0.390. The highest BCUT2D eigenvalue weighted by molar-refractivity contribution is 14.1. The smallest absolute Gasteiger partial charge is 0.242 e. The number of alkyl halides is 2. The Morgan fingerprint density at radius 2 is 2.15 bits per heavy atom. The van der Waals surface area contributed by atoms with Crippen LogP contribution >= 0.6 is 22.6 Å². The average molecular weight is 297 g/mol. The number of hydrogen-bond acceptors (Lipinski definition) is 1. The molecule has 0 unspecified atom stereocenters. The van der Waals surface area contributed by atoms with Crippen LogP contribution in [0.25, 0.3) is 0 Å². The molecular weight excluding hydrogens is 287 g/mol. The molecule has 4 heteroatoms. The molecule has 0 aliphatic carbocycles. The standard InChI is InChI=1S/C9H10F2IN/c1-6-7(3-9(10)11)4-13(2)5-8(6)12/h4-5,9H,1,3H2,2H3. The van der Waals surface area contributed by atoms with Crippen molar-refractivity contribution in [2.45, 2.75) is 12.8 Å². The molecule has 1 aliphatic rings. The van der Waals surface area contributed by atoms with Gasteiger partial charge in [-0.3, -0.25) is 0 Å². The number of hydrogen-bond donors (Lipinski definition) is 0. The maximum absolute atomic E-state index is 12.1. The van der Waals surface area contributed by atoms with Crippen molar-refractivity contribution in [3.63, 3.8) is 0 Å². The van der Waals surface area contributed by atoms with E-state index in [1.807, 2.05) is 13.2 Å². The lowest BCUT2D eigenvalue weighted by Crippen LogP contribution is -2.11. The van der Waals surface area contributed by atoms with Gasteiger partial charge in [0.2, 0.25) is 6.43 Å². The predicted octanol–water partition coefficient (Wildman–Crippen LogP) is 3.30. The molecule has 0 N–H and O–H groups in total. The van der Waals surface area contributed by atoms with Gasteiger partial charge in [0.1, 0.15) is 0 Å². The lowest BCUT2D eigenvalue weighted by molar-refractivity contribution is 0.149. The van der Waals surface area contributed by atoms with Gasteiger partial charge in [-0.1, -0.05) is 6.58 Å². The lowest BCUT2D eigenvalue weighted by Gasteiger charge is -2.21. The molecule has 0 spiro atoms. The van der Waals surface area contributed by atoms with Crippen LogP contribution in [0.2, 0.25) is 0 Å². The summed E-state index contributed by atoms with van der Waals surface area (Å²) in [5.41, 5.74) is 1.32. The summed E-state index contributed by atoms with van der Waals surface area (Å²) >= 11 is 2.09. The zero-order chi connectivity index (χ0) is 10.0. The summed E-state index contributed by atoms with van der Waals surface area (Å²) in [4.78, 5) is 1.77. The van der Waals surface area contributed by atoms with Crippen molar-refractivity contribution in [3.8, 4) is 0 Å². The monoisotopic (exact) mass is 297 g/mol. The van der Waals surface area contributed by atoms with Crippen LogP contribution in [-0.2, 0) is 0 Å². The fraction of sp³-hybridized carbons (Fsp3) is 0.333. The first kappa shape index (κ1) is 10.7. The minimum absolute atomic E-state index is 0.219. The third-order valence-corrected chi connectivity index (χ3v) is 2.66. The van der Waals surface area contributed by atoms with E-state index < -0.39 is 6.43 Å². The number of nitrogens with zero attached hydrogens (tertiary/aromatic N) is 1. The summed E-state index contributed by atoms with van der Waals surface area (Å²) in [6.07, 6.45) is 1.02. The first-order valence-electron chi connectivity index (χ1n) is 3.78. The van der Waals surface area contributed by atoms with E-state index >= 15 is 0 Å². The van der Waals surface area contributed by atoms with Crippen LogP contribution in [-0.4, -0.2) is 18.4 Å². The molecular formula is C9H10F2IN. The minimum atomic E-state index is -2.31. The molecule has 1 nitrogen and oxygen atoms in total. The molecule has 0 aromatic heterocycles. The SMILES string of the molecule is C=C1C(I)=CN(C)C=C1CC(F)F. The van der Waals surface area contributed by atoms with E-state index in [4.69, 9.17) is 0 Å². The van der Waals surface area contributed by atoms with Gasteiger partial charge < -0.3 is 4.90 Å². The van der Waals surface area contributed by atoms with Crippen LogP contribution in [0.5, 0.6) is 0 Å². The topological polar surface area (TPSA) is 3.24 Å². The maximum Gasteiger partial charge on any atom is 0.242 e. The van der Waals surface area contributed by atoms with Crippen molar-refractivity contribution in [3.05, 3.63) is 33.7 Å². The van der Waals surface area contributed by atoms with Crippen molar-refractivity contribution >= 4 is 22.6 Å². The van der Waals surface area contributed by atoms with Crippen molar-refractivity contribution < 1.29 is 8.78 Å². The Kier molecular flexibility index (Phi) is 3.47. The molecule has 0 fully saturated rings. The molecule has 72 valence electrons. The number of halogens is 3. The molecule has 0 saturated carbocycles. The van der Waals surface area contributed by atoms with Gasteiger partial charge in [-0.15, -0.1) is 0 Å². The fourth-order valence-corrected chi connectivity index (χ4v) is 1.90. The quantitative estimate of drug-likeness (QED) is 0.707. The van der Waals surface area contributed by atoms with Gasteiger partial charge in [0.15, 0.2) is 0 Å². The van der Waals surface area contributed by atoms with E-state index in [0.717, 1.165) is 3.58 Å². The van der Waals surface area contributed by atoms with Crippen molar-refractivity contribution in [1.82, 2.24) is 4.90 Å². The summed E-state index contributed by atoms with van der Waals surface area (Å²) < 4.78 is 25.2.